The lowest BCUT2D eigenvalue weighted by atomic mass is 10.1. The summed E-state index contributed by atoms with van der Waals surface area (Å²) in [4.78, 5) is 4.55. The Balaban J connectivity index is 1.74. The molecule has 1 atom stereocenters. The Labute approximate surface area is 195 Å². The molecule has 2 heterocycles. The average Bonchev–Trinajstić information content (AvgIpc) is 3.38. The molecule has 0 amide bonds. The van der Waals surface area contributed by atoms with E-state index in [1.165, 1.54) is 11.3 Å². The van der Waals surface area contributed by atoms with Gasteiger partial charge in [0.2, 0.25) is 11.8 Å². The first-order valence-electron chi connectivity index (χ1n) is 9.93. The number of benzene rings is 2. The predicted octanol–water partition coefficient (Wildman–Crippen LogP) is 2.55. The summed E-state index contributed by atoms with van der Waals surface area (Å²) in [6.07, 6.45) is 0.399. The lowest BCUT2D eigenvalue weighted by Gasteiger charge is -2.10. The van der Waals surface area contributed by atoms with Gasteiger partial charge in [-0.2, -0.15) is 13.1 Å². The molecule has 10 nitrogen and oxygen atoms in total. The Bertz CT molecular complexity index is 1480. The highest BCUT2D eigenvalue weighted by molar-refractivity contribution is 7.92. The number of rotatable bonds is 9. The van der Waals surface area contributed by atoms with E-state index in [4.69, 9.17) is 9.56 Å². The number of nitrogens with two attached hydrogens (primary N) is 1. The van der Waals surface area contributed by atoms with Gasteiger partial charge >= 0.3 is 0 Å². The number of aromatic nitrogens is 3. The van der Waals surface area contributed by atoms with Crippen LogP contribution in [0, 0.1) is 0 Å². The second-order valence-electron chi connectivity index (χ2n) is 7.25. The zero-order valence-corrected chi connectivity index (χ0v) is 20.0. The number of thiazole rings is 1. The van der Waals surface area contributed by atoms with E-state index in [0.29, 0.717) is 16.9 Å². The van der Waals surface area contributed by atoms with Gasteiger partial charge in [0.1, 0.15) is 5.01 Å². The quantitative estimate of drug-likeness (QED) is 0.350. The molecule has 3 N–H and O–H groups in total. The molecule has 4 aromatic rings. The summed E-state index contributed by atoms with van der Waals surface area (Å²) >= 11 is 1.24. The summed E-state index contributed by atoms with van der Waals surface area (Å²) in [5.41, 5.74) is 2.68. The van der Waals surface area contributed by atoms with Crippen LogP contribution in [0.4, 0.5) is 0 Å². The van der Waals surface area contributed by atoms with Crippen molar-refractivity contribution in [2.45, 2.75) is 25.1 Å². The van der Waals surface area contributed by atoms with E-state index in [1.54, 1.807) is 6.92 Å². The van der Waals surface area contributed by atoms with Crippen molar-refractivity contribution in [1.29, 1.82) is 0 Å². The summed E-state index contributed by atoms with van der Waals surface area (Å²) in [6, 6.07) is 15.6. The van der Waals surface area contributed by atoms with Crippen molar-refractivity contribution >= 4 is 41.6 Å². The molecule has 33 heavy (non-hydrogen) atoms. The van der Waals surface area contributed by atoms with Crippen LogP contribution < -0.4 is 9.86 Å². The highest BCUT2D eigenvalue weighted by atomic mass is 32.2. The fraction of sp³-hybridized carbons (Fsp3) is 0.250. The molecule has 0 radical (unpaired) electrons. The van der Waals surface area contributed by atoms with Gasteiger partial charge in [0.25, 0.3) is 10.2 Å². The minimum atomic E-state index is -3.97. The van der Waals surface area contributed by atoms with Crippen LogP contribution in [-0.4, -0.2) is 37.8 Å². The van der Waals surface area contributed by atoms with Crippen LogP contribution in [0.25, 0.3) is 21.3 Å². The van der Waals surface area contributed by atoms with Gasteiger partial charge in [0, 0.05) is 0 Å². The van der Waals surface area contributed by atoms with E-state index < -0.39 is 25.3 Å². The van der Waals surface area contributed by atoms with E-state index in [1.807, 2.05) is 53.3 Å². The van der Waals surface area contributed by atoms with Gasteiger partial charge in [-0.25, -0.2) is 18.5 Å². The summed E-state index contributed by atoms with van der Waals surface area (Å²) < 4.78 is 56.8. The van der Waals surface area contributed by atoms with Crippen molar-refractivity contribution in [1.82, 2.24) is 19.9 Å². The van der Waals surface area contributed by atoms with Gasteiger partial charge in [-0.05, 0) is 29.7 Å². The predicted molar refractivity (Wildman–Crippen MR) is 125 cm³/mol. The highest BCUT2D eigenvalue weighted by Gasteiger charge is 2.36. The van der Waals surface area contributed by atoms with Crippen LogP contribution in [0.15, 0.2) is 52.9 Å². The highest BCUT2D eigenvalue weighted by Crippen LogP contribution is 2.37. The van der Waals surface area contributed by atoms with Gasteiger partial charge in [0.15, 0.2) is 15.1 Å². The van der Waals surface area contributed by atoms with E-state index in [0.717, 1.165) is 15.8 Å². The summed E-state index contributed by atoms with van der Waals surface area (Å²) in [6.45, 7) is 1.40. The maximum absolute atomic E-state index is 13.1. The molecule has 1 unspecified atom stereocenters. The molecular weight excluding hydrogens is 486 g/mol. The first-order chi connectivity index (χ1) is 15.7. The van der Waals surface area contributed by atoms with Gasteiger partial charge in [0.05, 0.1) is 22.5 Å². The Morgan fingerprint density at radius 1 is 1.06 bits per heavy atom. The molecular formula is C20H21N5O5S3. The maximum atomic E-state index is 13.1. The molecule has 2 aromatic carbocycles. The summed E-state index contributed by atoms with van der Waals surface area (Å²) in [7, 11) is -7.70. The first kappa shape index (κ1) is 23.4. The maximum Gasteiger partial charge on any atom is 0.274 e. The molecule has 0 aliphatic rings. The van der Waals surface area contributed by atoms with Crippen molar-refractivity contribution in [3.05, 3.63) is 65.3 Å². The number of sulfone groups is 1. The third kappa shape index (κ3) is 5.45. The molecule has 0 aliphatic carbocycles. The molecule has 2 aromatic heterocycles. The third-order valence-electron chi connectivity index (χ3n) is 4.72. The van der Waals surface area contributed by atoms with Crippen LogP contribution in [0.5, 0.6) is 0 Å². The Morgan fingerprint density at radius 2 is 1.82 bits per heavy atom. The van der Waals surface area contributed by atoms with Crippen LogP contribution in [0.2, 0.25) is 0 Å². The zero-order chi connectivity index (χ0) is 23.6. The second-order valence-corrected chi connectivity index (χ2v) is 11.9. The Hall–Kier alpha value is -2.71. The van der Waals surface area contributed by atoms with Crippen molar-refractivity contribution in [2.24, 2.45) is 5.14 Å². The average molecular weight is 508 g/mol. The minimum Gasteiger partial charge on any atom is -0.422 e. The van der Waals surface area contributed by atoms with E-state index >= 15 is 0 Å². The lowest BCUT2D eigenvalue weighted by molar-refractivity contribution is 0.443. The Kier molecular flexibility index (Phi) is 6.59. The van der Waals surface area contributed by atoms with Crippen LogP contribution in [-0.2, 0) is 26.6 Å². The van der Waals surface area contributed by atoms with Gasteiger partial charge in [-0.3, -0.25) is 0 Å². The fourth-order valence-corrected chi connectivity index (χ4v) is 6.74. The number of fused-ring (bicyclic) bond motifs is 1. The molecule has 13 heteroatoms. The van der Waals surface area contributed by atoms with Gasteiger partial charge in [-0.1, -0.05) is 43.3 Å². The molecule has 4 rings (SSSR count). The molecule has 0 spiro atoms. The fourth-order valence-electron chi connectivity index (χ4n) is 3.29. The van der Waals surface area contributed by atoms with Gasteiger partial charge < -0.3 is 4.42 Å². The van der Waals surface area contributed by atoms with Gasteiger partial charge in [-0.15, -0.1) is 21.5 Å². The molecule has 0 saturated heterocycles. The lowest BCUT2D eigenvalue weighted by Crippen LogP contribution is -2.30. The molecule has 0 saturated carbocycles. The smallest absolute Gasteiger partial charge is 0.274 e. The summed E-state index contributed by atoms with van der Waals surface area (Å²) in [5, 5.41) is 11.6. The molecule has 0 aliphatic heterocycles. The third-order valence-corrected chi connectivity index (χ3v) is 8.61. The van der Waals surface area contributed by atoms with E-state index in [9.17, 15) is 16.8 Å². The largest absolute Gasteiger partial charge is 0.422 e. The molecule has 0 fully saturated rings. The van der Waals surface area contributed by atoms with Crippen LogP contribution in [0.3, 0.4) is 0 Å². The topological polar surface area (TPSA) is 158 Å². The first-order valence-corrected chi connectivity index (χ1v) is 14.0. The molecule has 174 valence electrons. The molecule has 0 bridgehead atoms. The Morgan fingerprint density at radius 3 is 2.52 bits per heavy atom. The van der Waals surface area contributed by atoms with Crippen LogP contribution >= 0.6 is 11.3 Å². The van der Waals surface area contributed by atoms with Crippen molar-refractivity contribution < 1.29 is 21.3 Å². The number of nitrogens with one attached hydrogen (secondary N) is 1. The van der Waals surface area contributed by atoms with E-state index in [2.05, 4.69) is 15.2 Å². The number of hydrogen-bond donors (Lipinski definition) is 2. The number of nitrogens with zero attached hydrogens (tertiary/aromatic N) is 3. The van der Waals surface area contributed by atoms with Crippen LogP contribution in [0.1, 0.15) is 35.4 Å². The second kappa shape index (κ2) is 9.27. The SMILES string of the molecule is CCCS(=O)(=O)C(c1nnc(CNS(N)(=O)=O)o1)c1nc2ccc(-c3ccccc3)cc2s1. The van der Waals surface area contributed by atoms with Crippen molar-refractivity contribution in [3.8, 4) is 11.1 Å². The minimum absolute atomic E-state index is 0.101. The monoisotopic (exact) mass is 507 g/mol. The van der Waals surface area contributed by atoms with E-state index in [-0.39, 0.29) is 24.1 Å². The normalized spacial score (nSPS) is 13.4. The zero-order valence-electron chi connectivity index (χ0n) is 17.5. The van der Waals surface area contributed by atoms with Crippen molar-refractivity contribution in [3.63, 3.8) is 0 Å². The number of hydrogen-bond acceptors (Lipinski definition) is 9. The summed E-state index contributed by atoms with van der Waals surface area (Å²) in [5.74, 6) is -0.379. The standard InChI is InChI=1S/C20H21N5O5S3/c1-2-10-32(26,27)18(19-25-24-17(30-19)12-22-33(21,28)29)20-23-15-9-8-14(11-16(15)31-20)13-6-4-3-5-7-13/h3-9,11,18,22H,2,10,12H2,1H3,(H2,21,28,29). The van der Waals surface area contributed by atoms with Crippen molar-refractivity contribution in [2.75, 3.05) is 5.75 Å².